The van der Waals surface area contributed by atoms with Crippen LogP contribution in [0.5, 0.6) is 0 Å². The summed E-state index contributed by atoms with van der Waals surface area (Å²) in [5.74, 6) is 0.604. The van der Waals surface area contributed by atoms with Crippen molar-refractivity contribution in [1.82, 2.24) is 9.55 Å². The molecule has 4 heteroatoms. The number of hydrogen-bond acceptors (Lipinski definition) is 3. The lowest BCUT2D eigenvalue weighted by molar-refractivity contribution is 0.0131. The smallest absolute Gasteiger partial charge is 0.0959 e. The van der Waals surface area contributed by atoms with Crippen LogP contribution in [0.3, 0.4) is 0 Å². The Labute approximate surface area is 137 Å². The molecule has 1 aliphatic rings. The first-order valence-electron chi connectivity index (χ1n) is 8.46. The molecule has 0 fully saturated rings. The van der Waals surface area contributed by atoms with Crippen molar-refractivity contribution in [3.8, 4) is 0 Å². The van der Waals surface area contributed by atoms with Crippen LogP contribution >= 0.6 is 0 Å². The number of rotatable bonds is 6. The predicted molar refractivity (Wildman–Crippen MR) is 92.5 cm³/mol. The number of ether oxygens (including phenoxy) is 1. The van der Waals surface area contributed by atoms with E-state index in [9.17, 15) is 5.11 Å². The molecular formula is C19H26N2O2. The second-order valence-corrected chi connectivity index (χ2v) is 6.66. The van der Waals surface area contributed by atoms with Crippen molar-refractivity contribution in [2.45, 2.75) is 45.8 Å². The van der Waals surface area contributed by atoms with Crippen molar-refractivity contribution < 1.29 is 9.84 Å². The average molecular weight is 314 g/mol. The molecule has 1 aliphatic carbocycles. The second-order valence-electron chi connectivity index (χ2n) is 6.66. The van der Waals surface area contributed by atoms with Crippen LogP contribution < -0.4 is 0 Å². The van der Waals surface area contributed by atoms with Crippen LogP contribution in [-0.4, -0.2) is 34.0 Å². The molecule has 1 aromatic carbocycles. The maximum Gasteiger partial charge on any atom is 0.0959 e. The summed E-state index contributed by atoms with van der Waals surface area (Å²) in [5, 5.41) is 10.2. The lowest BCUT2D eigenvalue weighted by Crippen LogP contribution is -2.23. The molecule has 0 aliphatic heterocycles. The Morgan fingerprint density at radius 2 is 2.13 bits per heavy atom. The average Bonchev–Trinajstić information content (AvgIpc) is 2.91. The Bertz CT molecular complexity index is 690. The summed E-state index contributed by atoms with van der Waals surface area (Å²) in [6, 6.07) is 4.24. The minimum atomic E-state index is -0.506. The van der Waals surface area contributed by atoms with Gasteiger partial charge in [0.25, 0.3) is 0 Å². The van der Waals surface area contributed by atoms with E-state index in [1.54, 1.807) is 6.33 Å². The number of hydrogen-bond donors (Lipinski definition) is 1. The number of aryl methyl sites for hydroxylation is 2. The molecule has 0 saturated heterocycles. The standard InChI is InChI=1S/C19H26N2O2/c1-14-8-18-19(9-15(14)2)21(13-20-18)10-17(22)12-23-11-16-6-4-3-5-7-16/h3-4,8-9,13,16-17,22H,5-7,10-12H2,1-2H3/t16-,17+/m0/s1. The summed E-state index contributed by atoms with van der Waals surface area (Å²) in [7, 11) is 0. The molecule has 1 N–H and O–H groups in total. The van der Waals surface area contributed by atoms with Gasteiger partial charge in [0.1, 0.15) is 0 Å². The summed E-state index contributed by atoms with van der Waals surface area (Å²) in [6.07, 6.45) is 9.20. The molecule has 3 rings (SSSR count). The Morgan fingerprint density at radius 1 is 1.30 bits per heavy atom. The highest BCUT2D eigenvalue weighted by Crippen LogP contribution is 2.20. The van der Waals surface area contributed by atoms with Gasteiger partial charge in [0.05, 0.1) is 36.6 Å². The highest BCUT2D eigenvalue weighted by atomic mass is 16.5. The fraction of sp³-hybridized carbons (Fsp3) is 0.526. The van der Waals surface area contributed by atoms with Crippen LogP contribution in [0.2, 0.25) is 0 Å². The zero-order chi connectivity index (χ0) is 16.2. The maximum atomic E-state index is 10.2. The molecule has 0 amide bonds. The molecule has 0 unspecified atom stereocenters. The summed E-state index contributed by atoms with van der Waals surface area (Å²) >= 11 is 0. The van der Waals surface area contributed by atoms with E-state index in [0.29, 0.717) is 19.1 Å². The monoisotopic (exact) mass is 314 g/mol. The van der Waals surface area contributed by atoms with Crippen LogP contribution in [0, 0.1) is 19.8 Å². The SMILES string of the molecule is Cc1cc2ncn(C[C@@H](O)COC[C@H]3CC=CCC3)c2cc1C. The molecule has 1 heterocycles. The van der Waals surface area contributed by atoms with Gasteiger partial charge in [-0.1, -0.05) is 12.2 Å². The Kier molecular flexibility index (Phi) is 5.13. The van der Waals surface area contributed by atoms with E-state index < -0.39 is 6.10 Å². The lowest BCUT2D eigenvalue weighted by Gasteiger charge is -2.19. The number of imidazole rings is 1. The third kappa shape index (κ3) is 4.01. The van der Waals surface area contributed by atoms with E-state index in [1.165, 1.54) is 17.5 Å². The number of allylic oxidation sites excluding steroid dienone is 2. The quantitative estimate of drug-likeness (QED) is 0.831. The molecule has 4 nitrogen and oxygen atoms in total. The fourth-order valence-electron chi connectivity index (χ4n) is 3.12. The molecule has 0 saturated carbocycles. The summed E-state index contributed by atoms with van der Waals surface area (Å²) in [6.45, 7) is 5.83. The van der Waals surface area contributed by atoms with Crippen LogP contribution in [0.4, 0.5) is 0 Å². The van der Waals surface area contributed by atoms with Gasteiger partial charge in [-0.15, -0.1) is 0 Å². The molecule has 23 heavy (non-hydrogen) atoms. The largest absolute Gasteiger partial charge is 0.389 e. The van der Waals surface area contributed by atoms with Crippen molar-refractivity contribution >= 4 is 11.0 Å². The molecule has 2 atom stereocenters. The number of nitrogens with zero attached hydrogens (tertiary/aromatic N) is 2. The van der Waals surface area contributed by atoms with Crippen molar-refractivity contribution in [2.75, 3.05) is 13.2 Å². The number of benzene rings is 1. The summed E-state index contributed by atoms with van der Waals surface area (Å²) in [4.78, 5) is 4.43. The highest BCUT2D eigenvalue weighted by molar-refractivity contribution is 5.77. The zero-order valence-corrected chi connectivity index (χ0v) is 14.0. The summed E-state index contributed by atoms with van der Waals surface area (Å²) < 4.78 is 7.73. The first kappa shape index (κ1) is 16.2. The minimum Gasteiger partial charge on any atom is -0.389 e. The van der Waals surface area contributed by atoms with Gasteiger partial charge >= 0.3 is 0 Å². The van der Waals surface area contributed by atoms with Gasteiger partial charge in [-0.25, -0.2) is 4.98 Å². The molecule has 1 aromatic heterocycles. The first-order valence-corrected chi connectivity index (χ1v) is 8.46. The van der Waals surface area contributed by atoms with E-state index in [-0.39, 0.29) is 0 Å². The number of fused-ring (bicyclic) bond motifs is 1. The van der Waals surface area contributed by atoms with Gasteiger partial charge in [-0.05, 0) is 62.3 Å². The van der Waals surface area contributed by atoms with E-state index >= 15 is 0 Å². The van der Waals surface area contributed by atoms with E-state index in [0.717, 1.165) is 30.5 Å². The van der Waals surface area contributed by atoms with E-state index in [1.807, 2.05) is 4.57 Å². The maximum absolute atomic E-state index is 10.2. The van der Waals surface area contributed by atoms with Crippen molar-refractivity contribution in [3.63, 3.8) is 0 Å². The first-order chi connectivity index (χ1) is 11.1. The Hall–Kier alpha value is -1.65. The van der Waals surface area contributed by atoms with Gasteiger partial charge in [0.2, 0.25) is 0 Å². The number of aliphatic hydroxyl groups is 1. The van der Waals surface area contributed by atoms with Gasteiger partial charge in [-0.2, -0.15) is 0 Å². The molecule has 124 valence electrons. The fourth-order valence-corrected chi connectivity index (χ4v) is 3.12. The van der Waals surface area contributed by atoms with Crippen molar-refractivity contribution in [2.24, 2.45) is 5.92 Å². The Balaban J connectivity index is 1.54. The minimum absolute atomic E-state index is 0.380. The molecule has 2 aromatic rings. The normalized spacial score (nSPS) is 19.3. The zero-order valence-electron chi connectivity index (χ0n) is 14.0. The van der Waals surface area contributed by atoms with Crippen LogP contribution in [0.1, 0.15) is 30.4 Å². The van der Waals surface area contributed by atoms with Crippen molar-refractivity contribution in [1.29, 1.82) is 0 Å². The van der Waals surface area contributed by atoms with Gasteiger partial charge in [0.15, 0.2) is 0 Å². The van der Waals surface area contributed by atoms with Crippen molar-refractivity contribution in [3.05, 3.63) is 41.7 Å². The van der Waals surface area contributed by atoms with Gasteiger partial charge < -0.3 is 14.4 Å². The van der Waals surface area contributed by atoms with Crippen LogP contribution in [-0.2, 0) is 11.3 Å². The molecule has 0 spiro atoms. The number of aliphatic hydroxyl groups excluding tert-OH is 1. The lowest BCUT2D eigenvalue weighted by atomic mass is 9.95. The van der Waals surface area contributed by atoms with E-state index in [2.05, 4.69) is 43.1 Å². The van der Waals surface area contributed by atoms with Gasteiger partial charge in [0, 0.05) is 6.61 Å². The topological polar surface area (TPSA) is 47.3 Å². The Morgan fingerprint density at radius 3 is 2.91 bits per heavy atom. The van der Waals surface area contributed by atoms with Crippen LogP contribution in [0.25, 0.3) is 11.0 Å². The third-order valence-corrected chi connectivity index (χ3v) is 4.69. The molecular weight excluding hydrogens is 288 g/mol. The highest BCUT2D eigenvalue weighted by Gasteiger charge is 2.13. The van der Waals surface area contributed by atoms with Gasteiger partial charge in [-0.3, -0.25) is 0 Å². The molecule has 0 radical (unpaired) electrons. The second kappa shape index (κ2) is 7.28. The predicted octanol–water partition coefficient (Wildman–Crippen LogP) is 3.39. The van der Waals surface area contributed by atoms with E-state index in [4.69, 9.17) is 4.74 Å². The van der Waals surface area contributed by atoms with Crippen LogP contribution in [0.15, 0.2) is 30.6 Å². The third-order valence-electron chi connectivity index (χ3n) is 4.69. The molecule has 0 bridgehead atoms. The summed E-state index contributed by atoms with van der Waals surface area (Å²) in [5.41, 5.74) is 4.54. The number of aromatic nitrogens is 2.